The summed E-state index contributed by atoms with van der Waals surface area (Å²) in [6.45, 7) is 0. The third-order valence-corrected chi connectivity index (χ3v) is 3.73. The lowest BCUT2D eigenvalue weighted by atomic mass is 9.94. The maximum absolute atomic E-state index is 13.1. The lowest BCUT2D eigenvalue weighted by Crippen LogP contribution is -2.16. The van der Waals surface area contributed by atoms with E-state index in [1.54, 1.807) is 0 Å². The van der Waals surface area contributed by atoms with E-state index in [2.05, 4.69) is 0 Å². The molecule has 1 nitrogen and oxygen atoms in total. The van der Waals surface area contributed by atoms with E-state index in [0.717, 1.165) is 18.2 Å². The normalized spacial score (nSPS) is 14.3. The second-order valence-electron chi connectivity index (χ2n) is 5.72. The molecule has 0 heterocycles. The van der Waals surface area contributed by atoms with E-state index in [0.29, 0.717) is 18.2 Å². The van der Waals surface area contributed by atoms with Crippen LogP contribution in [0, 0.1) is 0 Å². The second-order valence-corrected chi connectivity index (χ2v) is 5.72. The Balaban J connectivity index is 2.40. The molecule has 0 bridgehead atoms. The van der Waals surface area contributed by atoms with Crippen LogP contribution >= 0.6 is 0 Å². The van der Waals surface area contributed by atoms with E-state index in [1.165, 1.54) is 0 Å². The monoisotopic (exact) mass is 402 g/mol. The molecule has 0 saturated carbocycles. The third-order valence-electron chi connectivity index (χ3n) is 3.73. The van der Waals surface area contributed by atoms with Crippen LogP contribution in [0.5, 0.6) is 0 Å². The van der Waals surface area contributed by atoms with Crippen molar-refractivity contribution in [1.29, 1.82) is 0 Å². The van der Waals surface area contributed by atoms with Crippen molar-refractivity contribution in [2.45, 2.75) is 31.1 Å². The van der Waals surface area contributed by atoms with E-state index in [1.807, 2.05) is 0 Å². The van der Waals surface area contributed by atoms with Crippen molar-refractivity contribution in [3.8, 4) is 0 Å². The fourth-order valence-corrected chi connectivity index (χ4v) is 2.48. The van der Waals surface area contributed by atoms with E-state index in [9.17, 15) is 44.6 Å². The predicted octanol–water partition coefficient (Wildman–Crippen LogP) is 6.02. The molecule has 0 aliphatic heterocycles. The highest BCUT2D eigenvalue weighted by Crippen LogP contribution is 2.40. The van der Waals surface area contributed by atoms with E-state index in [4.69, 9.17) is 0 Å². The lowest BCUT2D eigenvalue weighted by Gasteiger charge is -2.20. The Morgan fingerprint density at radius 2 is 1.26 bits per heavy atom. The first-order valence-electron chi connectivity index (χ1n) is 7.32. The first kappa shape index (κ1) is 21.1. The molecule has 0 spiro atoms. The molecule has 0 saturated heterocycles. The van der Waals surface area contributed by atoms with E-state index >= 15 is 0 Å². The summed E-state index contributed by atoms with van der Waals surface area (Å²) in [4.78, 5) is 0. The highest BCUT2D eigenvalue weighted by atomic mass is 19.4. The first-order valence-corrected chi connectivity index (χ1v) is 7.32. The summed E-state index contributed by atoms with van der Waals surface area (Å²) in [5.41, 5.74) is -5.28. The van der Waals surface area contributed by atoms with Gasteiger partial charge in [-0.15, -0.1) is 0 Å². The molecule has 148 valence electrons. The summed E-state index contributed by atoms with van der Waals surface area (Å²) in [6.07, 6.45) is -17.5. The average molecular weight is 402 g/mol. The Morgan fingerprint density at radius 1 is 0.704 bits per heavy atom. The zero-order valence-corrected chi connectivity index (χ0v) is 13.2. The number of aliphatic hydroxyl groups excluding tert-OH is 1. The highest BCUT2D eigenvalue weighted by Gasteiger charge is 2.39. The second kappa shape index (κ2) is 7.06. The molecule has 10 heteroatoms. The smallest absolute Gasteiger partial charge is 0.388 e. The van der Waals surface area contributed by atoms with Gasteiger partial charge in [-0.25, -0.2) is 0 Å². The van der Waals surface area contributed by atoms with Gasteiger partial charge in [-0.2, -0.15) is 39.5 Å². The number of aliphatic hydroxyl groups is 1. The third kappa shape index (κ3) is 5.15. The Morgan fingerprint density at radius 3 is 1.78 bits per heavy atom. The molecule has 2 rings (SSSR count). The number of alkyl halides is 9. The number of hydrogen-bond donors (Lipinski definition) is 1. The Hall–Kier alpha value is -2.23. The molecule has 0 aliphatic rings. The van der Waals surface area contributed by atoms with Gasteiger partial charge in [0.05, 0.1) is 22.8 Å². The van der Waals surface area contributed by atoms with Crippen LogP contribution in [-0.2, 0) is 24.9 Å². The molecule has 0 fully saturated rings. The van der Waals surface area contributed by atoms with Gasteiger partial charge in [0.25, 0.3) is 0 Å². The van der Waals surface area contributed by atoms with Crippen molar-refractivity contribution in [3.63, 3.8) is 0 Å². The summed E-state index contributed by atoms with van der Waals surface area (Å²) < 4.78 is 115. The molecule has 0 aromatic heterocycles. The van der Waals surface area contributed by atoms with Crippen LogP contribution in [0.1, 0.15) is 33.9 Å². The molecule has 2 aromatic carbocycles. The minimum atomic E-state index is -5.19. The summed E-state index contributed by atoms with van der Waals surface area (Å²) >= 11 is 0. The van der Waals surface area contributed by atoms with Gasteiger partial charge in [-0.1, -0.05) is 24.3 Å². The maximum atomic E-state index is 13.1. The van der Waals surface area contributed by atoms with Crippen molar-refractivity contribution < 1.29 is 44.6 Å². The van der Waals surface area contributed by atoms with Gasteiger partial charge >= 0.3 is 18.5 Å². The minimum Gasteiger partial charge on any atom is -0.388 e. The van der Waals surface area contributed by atoms with Gasteiger partial charge in [0.2, 0.25) is 0 Å². The molecular formula is C17H11F9O. The molecule has 1 atom stereocenters. The Kier molecular flexibility index (Phi) is 5.51. The first-order chi connectivity index (χ1) is 12.2. The number of benzene rings is 2. The molecule has 1 N–H and O–H groups in total. The average Bonchev–Trinajstić information content (AvgIpc) is 2.52. The van der Waals surface area contributed by atoms with Crippen LogP contribution in [0.15, 0.2) is 42.5 Å². The Labute approximate surface area is 147 Å². The number of halogens is 9. The molecule has 27 heavy (non-hydrogen) atoms. The van der Waals surface area contributed by atoms with E-state index in [-0.39, 0.29) is 11.6 Å². The largest absolute Gasteiger partial charge is 0.416 e. The topological polar surface area (TPSA) is 20.2 Å². The molecule has 1 unspecified atom stereocenters. The van der Waals surface area contributed by atoms with Gasteiger partial charge < -0.3 is 5.11 Å². The van der Waals surface area contributed by atoms with Crippen LogP contribution in [0.4, 0.5) is 39.5 Å². The zero-order valence-electron chi connectivity index (χ0n) is 13.2. The fourth-order valence-electron chi connectivity index (χ4n) is 2.48. The maximum Gasteiger partial charge on any atom is 0.416 e. The van der Waals surface area contributed by atoms with Gasteiger partial charge in [0.15, 0.2) is 0 Å². The van der Waals surface area contributed by atoms with Gasteiger partial charge in [-0.05, 0) is 29.3 Å². The quantitative estimate of drug-likeness (QED) is 0.623. The molecule has 0 radical (unpaired) electrons. The number of hydrogen-bond acceptors (Lipinski definition) is 1. The van der Waals surface area contributed by atoms with Crippen molar-refractivity contribution >= 4 is 0 Å². The summed E-state index contributed by atoms with van der Waals surface area (Å²) in [7, 11) is 0. The SMILES string of the molecule is OC(Cc1cccc(C(F)(F)F)c1)c1ccc(C(F)(F)F)cc1C(F)(F)F. The van der Waals surface area contributed by atoms with Crippen molar-refractivity contribution in [2.24, 2.45) is 0 Å². The molecule has 0 aliphatic carbocycles. The van der Waals surface area contributed by atoms with E-state index < -0.39 is 53.3 Å². The van der Waals surface area contributed by atoms with Crippen LogP contribution < -0.4 is 0 Å². The molecule has 0 amide bonds. The van der Waals surface area contributed by atoms with Crippen LogP contribution in [-0.4, -0.2) is 5.11 Å². The zero-order chi connectivity index (χ0) is 20.6. The number of rotatable bonds is 3. The molecule has 2 aromatic rings. The van der Waals surface area contributed by atoms with Crippen molar-refractivity contribution in [2.75, 3.05) is 0 Å². The van der Waals surface area contributed by atoms with Crippen molar-refractivity contribution in [1.82, 2.24) is 0 Å². The summed E-state index contributed by atoms with van der Waals surface area (Å²) in [5, 5.41) is 10.0. The van der Waals surface area contributed by atoms with Crippen molar-refractivity contribution in [3.05, 3.63) is 70.3 Å². The summed E-state index contributed by atoms with van der Waals surface area (Å²) in [6, 6.07) is 4.29. The molecular weight excluding hydrogens is 391 g/mol. The van der Waals surface area contributed by atoms with Crippen LogP contribution in [0.25, 0.3) is 0 Å². The standard InChI is InChI=1S/C17H11F9O/c18-15(19,20)10-3-1-2-9(6-10)7-14(27)12-5-4-11(16(21,22)23)8-13(12)17(24,25)26/h1-6,8,14,27H,7H2. The van der Waals surface area contributed by atoms with Crippen LogP contribution in [0.2, 0.25) is 0 Å². The van der Waals surface area contributed by atoms with Gasteiger partial charge in [0.1, 0.15) is 0 Å². The van der Waals surface area contributed by atoms with Crippen LogP contribution in [0.3, 0.4) is 0 Å². The lowest BCUT2D eigenvalue weighted by molar-refractivity contribution is -0.144. The van der Waals surface area contributed by atoms with Gasteiger partial charge in [-0.3, -0.25) is 0 Å². The summed E-state index contributed by atoms with van der Waals surface area (Å²) in [5.74, 6) is 0. The van der Waals surface area contributed by atoms with Gasteiger partial charge in [0, 0.05) is 6.42 Å². The predicted molar refractivity (Wildman–Crippen MR) is 76.6 cm³/mol. The Bertz CT molecular complexity index is 803. The fraction of sp³-hybridized carbons (Fsp3) is 0.294. The minimum absolute atomic E-state index is 0.120. The highest BCUT2D eigenvalue weighted by molar-refractivity contribution is 5.38.